The van der Waals surface area contributed by atoms with Crippen molar-refractivity contribution in [3.8, 4) is 0 Å². The molecule has 1 fully saturated rings. The van der Waals surface area contributed by atoms with E-state index in [1.807, 2.05) is 0 Å². The molecule has 1 aliphatic rings. The fourth-order valence-corrected chi connectivity index (χ4v) is 6.18. The Balaban J connectivity index is 1.94. The number of phosphoric acid groups is 3. The smallest absolute Gasteiger partial charge is 0.376 e. The van der Waals surface area contributed by atoms with Crippen LogP contribution in [0.2, 0.25) is 0 Å². The molecule has 9 N–H and O–H groups in total. The van der Waals surface area contributed by atoms with Crippen molar-refractivity contribution in [1.82, 2.24) is 19.5 Å². The molecule has 0 amide bonds. The first kappa shape index (κ1) is 28.4. The number of aromatic amines is 1. The zero-order valence-electron chi connectivity index (χ0n) is 17.1. The normalized spacial score (nSPS) is 30.1. The second-order valence-electron chi connectivity index (χ2n) is 7.03. The first-order valence-electron chi connectivity index (χ1n) is 8.91. The molecule has 2 aromatic heterocycles. The van der Waals surface area contributed by atoms with Gasteiger partial charge < -0.3 is 40.3 Å². The van der Waals surface area contributed by atoms with Crippen LogP contribution in [0.1, 0.15) is 6.23 Å². The molecule has 4 unspecified atom stereocenters. The number of nitrogens with two attached hydrogens (primary N) is 1. The lowest BCUT2D eigenvalue weighted by molar-refractivity contribution is -0.168. The first-order valence-corrected chi connectivity index (χ1v) is 13.4. The van der Waals surface area contributed by atoms with Crippen molar-refractivity contribution in [3.05, 3.63) is 16.7 Å². The van der Waals surface area contributed by atoms with Gasteiger partial charge in [-0.3, -0.25) is 28.5 Å². The van der Waals surface area contributed by atoms with E-state index in [4.69, 9.17) is 20.3 Å². The van der Waals surface area contributed by atoms with Crippen molar-refractivity contribution in [2.45, 2.75) is 23.5 Å². The Hall–Kier alpha value is -2.22. The minimum Gasteiger partial charge on any atom is -0.376 e. The Kier molecular flexibility index (Phi) is 7.30. The van der Waals surface area contributed by atoms with Gasteiger partial charge in [-0.15, -0.1) is 0 Å². The summed E-state index contributed by atoms with van der Waals surface area (Å²) in [4.78, 5) is 81.0. The molecule has 0 aliphatic carbocycles. The molecule has 0 spiro atoms. The maximum Gasteiger partial charge on any atom is 0.490 e. The number of phosphoric ester groups is 1. The summed E-state index contributed by atoms with van der Waals surface area (Å²) >= 11 is 0. The number of nitrogens with zero attached hydrogens (tertiary/aromatic N) is 3. The maximum absolute atomic E-state index is 12.0. The summed E-state index contributed by atoms with van der Waals surface area (Å²) in [5.41, 5.74) is -2.54. The number of fused-ring (bicyclic) bond motifs is 1. The number of aromatic nitrogens is 4. The van der Waals surface area contributed by atoms with Gasteiger partial charge in [0.1, 0.15) is 6.10 Å². The van der Waals surface area contributed by atoms with Crippen molar-refractivity contribution in [2.24, 2.45) is 0 Å². The number of hydrogen-bond acceptors (Lipinski definition) is 15. The Morgan fingerprint density at radius 2 is 1.72 bits per heavy atom. The minimum absolute atomic E-state index is 0.320. The quantitative estimate of drug-likeness (QED) is 0.101. The largest absolute Gasteiger partial charge is 0.490 e. The molecule has 36 heavy (non-hydrogen) atoms. The van der Waals surface area contributed by atoms with Crippen LogP contribution < -0.4 is 11.3 Å². The molecule has 3 rings (SSSR count). The third kappa shape index (κ3) is 5.24. The van der Waals surface area contributed by atoms with Crippen molar-refractivity contribution in [2.75, 3.05) is 12.3 Å². The van der Waals surface area contributed by atoms with Crippen molar-refractivity contribution in [1.29, 1.82) is 0 Å². The number of rotatable bonds is 10. The number of aldehydes is 2. The molecular formula is C12H16N5O16P3. The Labute approximate surface area is 196 Å². The highest BCUT2D eigenvalue weighted by Gasteiger charge is 2.68. The third-order valence-corrected chi connectivity index (χ3v) is 8.47. The van der Waals surface area contributed by atoms with Crippen LogP contribution in [-0.4, -0.2) is 85.8 Å². The van der Waals surface area contributed by atoms with E-state index in [1.54, 1.807) is 0 Å². The number of carbonyl (C=O) groups is 2. The highest BCUT2D eigenvalue weighted by atomic mass is 31.3. The van der Waals surface area contributed by atoms with Crippen molar-refractivity contribution < 1.29 is 71.0 Å². The molecule has 21 nitrogen and oxygen atoms in total. The van der Waals surface area contributed by atoms with E-state index in [0.29, 0.717) is 0 Å². The number of imidazole rings is 1. The number of nitrogens with one attached hydrogen (secondary N) is 1. The van der Waals surface area contributed by atoms with Gasteiger partial charge in [0.05, 0.1) is 12.9 Å². The van der Waals surface area contributed by atoms with E-state index >= 15 is 0 Å². The predicted molar refractivity (Wildman–Crippen MR) is 108 cm³/mol. The van der Waals surface area contributed by atoms with E-state index in [0.717, 1.165) is 10.9 Å². The number of aliphatic hydroxyl groups is 2. The van der Waals surface area contributed by atoms with Gasteiger partial charge >= 0.3 is 23.5 Å². The average molecular weight is 579 g/mol. The van der Waals surface area contributed by atoms with Gasteiger partial charge in [-0.1, -0.05) is 0 Å². The second-order valence-corrected chi connectivity index (χ2v) is 11.4. The third-order valence-electron chi connectivity index (χ3n) is 4.67. The van der Waals surface area contributed by atoms with E-state index in [1.165, 1.54) is 0 Å². The zero-order chi connectivity index (χ0) is 27.3. The van der Waals surface area contributed by atoms with E-state index in [2.05, 4.69) is 28.1 Å². The van der Waals surface area contributed by atoms with Gasteiger partial charge in [0.2, 0.25) is 11.5 Å². The van der Waals surface area contributed by atoms with Gasteiger partial charge in [0, 0.05) is 0 Å². The summed E-state index contributed by atoms with van der Waals surface area (Å²) in [5.74, 6) is -0.434. The van der Waals surface area contributed by atoms with Gasteiger partial charge in [-0.25, -0.2) is 18.7 Å². The standard InChI is InChI=1S/C12H16N5O16P3/c13-10-15-7-6(8(20)16-10)14-4-17(7)9-12(22,3-19)11(21,2-18)5(31-9)1-30-35(26,27)33-36(28,29)32-34(23,24)25/h2-5,9,21-22H,1H2,(H,26,27)(H,28,29)(H2,23,24,25)(H3,13,15,16,20)/t5-,9-,11?,12?/m1/s1. The molecule has 200 valence electrons. The van der Waals surface area contributed by atoms with Gasteiger partial charge in [-0.2, -0.15) is 13.6 Å². The van der Waals surface area contributed by atoms with Crippen LogP contribution in [0.4, 0.5) is 5.95 Å². The fraction of sp³-hybridized carbons (Fsp3) is 0.417. The van der Waals surface area contributed by atoms with Crippen LogP contribution in [0.5, 0.6) is 0 Å². The fourth-order valence-electron chi connectivity index (χ4n) is 3.17. The SMILES string of the molecule is Nc1nc2c(ncn2[C@@H]2O[C@H](COP(=O)(O)OP(=O)(O)OP(=O)(O)O)C(O)(C=O)C2(O)C=O)c(=O)[nH]1. The number of ether oxygens (including phenoxy) is 1. The summed E-state index contributed by atoms with van der Waals surface area (Å²) in [6.45, 7) is -1.42. The molecule has 0 aromatic carbocycles. The van der Waals surface area contributed by atoms with Crippen LogP contribution in [0.25, 0.3) is 11.2 Å². The second kappa shape index (κ2) is 9.26. The van der Waals surface area contributed by atoms with Crippen LogP contribution in [-0.2, 0) is 41.2 Å². The monoisotopic (exact) mass is 579 g/mol. The summed E-state index contributed by atoms with van der Waals surface area (Å²) in [5, 5.41) is 21.7. The Morgan fingerprint density at radius 3 is 2.28 bits per heavy atom. The number of nitrogen functional groups attached to an aromatic ring is 1. The van der Waals surface area contributed by atoms with Gasteiger partial charge in [0.25, 0.3) is 5.56 Å². The summed E-state index contributed by atoms with van der Waals surface area (Å²) in [6.07, 6.45) is -4.16. The molecule has 1 saturated heterocycles. The van der Waals surface area contributed by atoms with Gasteiger partial charge in [-0.05, 0) is 0 Å². The molecular weight excluding hydrogens is 563 g/mol. The molecule has 0 saturated carbocycles. The topological polar surface area (TPSA) is 333 Å². The predicted octanol–water partition coefficient (Wildman–Crippen LogP) is -3.20. The van der Waals surface area contributed by atoms with Crippen LogP contribution >= 0.6 is 23.5 Å². The van der Waals surface area contributed by atoms with Crippen LogP contribution in [0.15, 0.2) is 11.1 Å². The molecule has 0 bridgehead atoms. The number of hydrogen-bond donors (Lipinski definition) is 8. The Bertz CT molecular complexity index is 1400. The molecule has 24 heteroatoms. The minimum atomic E-state index is -5.90. The molecule has 1 aliphatic heterocycles. The first-order chi connectivity index (χ1) is 16.4. The van der Waals surface area contributed by atoms with E-state index < -0.39 is 65.1 Å². The van der Waals surface area contributed by atoms with E-state index in [9.17, 15) is 48.1 Å². The van der Waals surface area contributed by atoms with Gasteiger partial charge in [0.15, 0.2) is 35.6 Å². The maximum atomic E-state index is 12.0. The highest BCUT2D eigenvalue weighted by molar-refractivity contribution is 7.66. The number of anilines is 1. The molecule has 6 atom stereocenters. The highest BCUT2D eigenvalue weighted by Crippen LogP contribution is 2.66. The van der Waals surface area contributed by atoms with Crippen LogP contribution in [0.3, 0.4) is 0 Å². The Morgan fingerprint density at radius 1 is 1.11 bits per heavy atom. The lowest BCUT2D eigenvalue weighted by atomic mass is 9.82. The average Bonchev–Trinajstić information content (AvgIpc) is 3.22. The molecule has 3 heterocycles. The molecule has 0 radical (unpaired) electrons. The van der Waals surface area contributed by atoms with Crippen LogP contribution in [0, 0.1) is 0 Å². The number of carbonyl (C=O) groups excluding carboxylic acids is 2. The molecule has 2 aromatic rings. The van der Waals surface area contributed by atoms with Crippen molar-refractivity contribution >= 4 is 53.2 Å². The summed E-state index contributed by atoms with van der Waals surface area (Å²) < 4.78 is 51.5. The lowest BCUT2D eigenvalue weighted by Crippen LogP contribution is -2.61. The summed E-state index contributed by atoms with van der Waals surface area (Å²) in [6, 6.07) is 0. The zero-order valence-corrected chi connectivity index (χ0v) is 19.8. The van der Waals surface area contributed by atoms with Crippen molar-refractivity contribution in [3.63, 3.8) is 0 Å². The van der Waals surface area contributed by atoms with E-state index in [-0.39, 0.29) is 23.7 Å². The summed E-state index contributed by atoms with van der Waals surface area (Å²) in [7, 11) is -17.3. The lowest BCUT2D eigenvalue weighted by Gasteiger charge is -2.32. The number of H-pyrrole nitrogens is 1.